The van der Waals surface area contributed by atoms with Gasteiger partial charge in [-0.3, -0.25) is 9.69 Å². The summed E-state index contributed by atoms with van der Waals surface area (Å²) in [6.45, 7) is 0. The van der Waals surface area contributed by atoms with Crippen molar-refractivity contribution in [2.75, 3.05) is 10.6 Å². The van der Waals surface area contributed by atoms with Crippen molar-refractivity contribution < 1.29 is 9.90 Å². The SMILES string of the molecule is Nc1ccc(N2C(=O)/C(=C\c3ccc(O)cc3)SC2=S)cc1. The fourth-order valence-electron chi connectivity index (χ4n) is 2.04. The standard InChI is InChI=1S/C16H12N2O2S2/c17-11-3-5-12(6-4-11)18-15(20)14(22-16(18)21)9-10-1-7-13(19)8-2-10/h1-9,19H,17H2/b14-9+. The first-order valence-corrected chi connectivity index (χ1v) is 7.69. The van der Waals surface area contributed by atoms with E-state index in [0.29, 0.717) is 20.6 Å². The predicted molar refractivity (Wildman–Crippen MR) is 94.6 cm³/mol. The second kappa shape index (κ2) is 5.82. The summed E-state index contributed by atoms with van der Waals surface area (Å²) in [5.74, 6) is 0.0272. The number of nitrogens with zero attached hydrogens (tertiary/aromatic N) is 1. The summed E-state index contributed by atoms with van der Waals surface area (Å²) in [4.78, 5) is 14.6. The number of anilines is 2. The highest BCUT2D eigenvalue weighted by molar-refractivity contribution is 8.27. The number of thioether (sulfide) groups is 1. The highest BCUT2D eigenvalue weighted by atomic mass is 32.2. The zero-order chi connectivity index (χ0) is 15.7. The number of carbonyl (C=O) groups excluding carboxylic acids is 1. The zero-order valence-electron chi connectivity index (χ0n) is 11.4. The molecule has 22 heavy (non-hydrogen) atoms. The van der Waals surface area contributed by atoms with Crippen LogP contribution in [0, 0.1) is 0 Å². The minimum atomic E-state index is -0.159. The quantitative estimate of drug-likeness (QED) is 0.502. The molecule has 0 aromatic heterocycles. The van der Waals surface area contributed by atoms with Crippen molar-refractivity contribution in [2.24, 2.45) is 0 Å². The van der Waals surface area contributed by atoms with Crippen LogP contribution >= 0.6 is 24.0 Å². The van der Waals surface area contributed by atoms with Gasteiger partial charge in [-0.1, -0.05) is 36.1 Å². The summed E-state index contributed by atoms with van der Waals surface area (Å²) in [7, 11) is 0. The fraction of sp³-hybridized carbons (Fsp3) is 0. The van der Waals surface area contributed by atoms with Gasteiger partial charge in [-0.05, 0) is 48.0 Å². The second-order valence-electron chi connectivity index (χ2n) is 4.70. The summed E-state index contributed by atoms with van der Waals surface area (Å²) in [5, 5.41) is 9.29. The molecule has 4 nitrogen and oxygen atoms in total. The van der Waals surface area contributed by atoms with E-state index < -0.39 is 0 Å². The van der Waals surface area contributed by atoms with E-state index in [1.807, 2.05) is 0 Å². The van der Waals surface area contributed by atoms with Gasteiger partial charge in [-0.25, -0.2) is 0 Å². The molecule has 2 aromatic carbocycles. The Hall–Kier alpha value is -2.31. The first-order chi connectivity index (χ1) is 10.5. The molecule has 3 rings (SSSR count). The Morgan fingerprint density at radius 1 is 1.09 bits per heavy atom. The van der Waals surface area contributed by atoms with Crippen LogP contribution in [0.4, 0.5) is 11.4 Å². The number of aromatic hydroxyl groups is 1. The lowest BCUT2D eigenvalue weighted by molar-refractivity contribution is -0.113. The van der Waals surface area contributed by atoms with E-state index in [4.69, 9.17) is 18.0 Å². The van der Waals surface area contributed by atoms with Crippen molar-refractivity contribution in [1.82, 2.24) is 0 Å². The minimum absolute atomic E-state index is 0.159. The van der Waals surface area contributed by atoms with Gasteiger partial charge in [0.25, 0.3) is 5.91 Å². The van der Waals surface area contributed by atoms with Crippen LogP contribution in [0.15, 0.2) is 53.4 Å². The molecular weight excluding hydrogens is 316 g/mol. The molecule has 1 aliphatic rings. The smallest absolute Gasteiger partial charge is 0.270 e. The molecule has 0 unspecified atom stereocenters. The van der Waals surface area contributed by atoms with Gasteiger partial charge in [0, 0.05) is 5.69 Å². The number of rotatable bonds is 2. The van der Waals surface area contributed by atoms with Crippen LogP contribution in [0.3, 0.4) is 0 Å². The molecule has 0 spiro atoms. The minimum Gasteiger partial charge on any atom is -0.508 e. The van der Waals surface area contributed by atoms with Crippen molar-refractivity contribution in [2.45, 2.75) is 0 Å². The molecule has 1 heterocycles. The first-order valence-electron chi connectivity index (χ1n) is 6.47. The Morgan fingerprint density at radius 2 is 1.73 bits per heavy atom. The Labute approximate surface area is 137 Å². The second-order valence-corrected chi connectivity index (χ2v) is 6.38. The third-order valence-corrected chi connectivity index (χ3v) is 4.44. The van der Waals surface area contributed by atoms with Crippen LogP contribution in [0.1, 0.15) is 5.56 Å². The lowest BCUT2D eigenvalue weighted by Crippen LogP contribution is -2.27. The molecule has 0 saturated carbocycles. The van der Waals surface area contributed by atoms with Crippen LogP contribution in [-0.4, -0.2) is 15.3 Å². The van der Waals surface area contributed by atoms with E-state index >= 15 is 0 Å². The van der Waals surface area contributed by atoms with Crippen molar-refractivity contribution in [3.8, 4) is 5.75 Å². The normalized spacial score (nSPS) is 16.5. The number of nitrogen functional groups attached to an aromatic ring is 1. The molecular formula is C16H12N2O2S2. The number of carbonyl (C=O) groups is 1. The predicted octanol–water partition coefficient (Wildman–Crippen LogP) is 3.38. The molecule has 1 aliphatic heterocycles. The van der Waals surface area contributed by atoms with E-state index in [1.54, 1.807) is 54.6 Å². The van der Waals surface area contributed by atoms with Crippen molar-refractivity contribution in [3.63, 3.8) is 0 Å². The number of nitrogens with two attached hydrogens (primary N) is 1. The monoisotopic (exact) mass is 328 g/mol. The van der Waals surface area contributed by atoms with Gasteiger partial charge >= 0.3 is 0 Å². The molecule has 2 aromatic rings. The van der Waals surface area contributed by atoms with Gasteiger partial charge in [0.1, 0.15) is 5.75 Å². The Morgan fingerprint density at radius 3 is 2.36 bits per heavy atom. The first kappa shape index (κ1) is 14.6. The molecule has 6 heteroatoms. The highest BCUT2D eigenvalue weighted by Crippen LogP contribution is 2.36. The Bertz CT molecular complexity index is 768. The van der Waals surface area contributed by atoms with Gasteiger partial charge in [-0.15, -0.1) is 0 Å². The number of hydrogen-bond acceptors (Lipinski definition) is 5. The molecule has 0 aliphatic carbocycles. The van der Waals surface area contributed by atoms with E-state index in [0.717, 1.165) is 5.56 Å². The summed E-state index contributed by atoms with van der Waals surface area (Å²) in [6.07, 6.45) is 1.76. The summed E-state index contributed by atoms with van der Waals surface area (Å²) < 4.78 is 0.486. The summed E-state index contributed by atoms with van der Waals surface area (Å²) in [5.41, 5.74) is 7.83. The topological polar surface area (TPSA) is 66.6 Å². The number of phenolic OH excluding ortho intramolecular Hbond substituents is 1. The average Bonchev–Trinajstić information content (AvgIpc) is 2.77. The number of benzene rings is 2. The molecule has 0 bridgehead atoms. The molecule has 110 valence electrons. The number of hydrogen-bond donors (Lipinski definition) is 2. The highest BCUT2D eigenvalue weighted by Gasteiger charge is 2.33. The van der Waals surface area contributed by atoms with E-state index in [1.165, 1.54) is 16.7 Å². The maximum absolute atomic E-state index is 12.5. The molecule has 0 radical (unpaired) electrons. The Balaban J connectivity index is 1.91. The van der Waals surface area contributed by atoms with E-state index in [9.17, 15) is 9.90 Å². The summed E-state index contributed by atoms with van der Waals surface area (Å²) in [6, 6.07) is 13.6. The van der Waals surface area contributed by atoms with Crippen LogP contribution < -0.4 is 10.6 Å². The molecule has 1 fully saturated rings. The fourth-order valence-corrected chi connectivity index (χ4v) is 3.33. The van der Waals surface area contributed by atoms with Gasteiger partial charge < -0.3 is 10.8 Å². The van der Waals surface area contributed by atoms with Gasteiger partial charge in [0.15, 0.2) is 4.32 Å². The maximum Gasteiger partial charge on any atom is 0.270 e. The van der Waals surface area contributed by atoms with E-state index in [2.05, 4.69) is 0 Å². The number of phenols is 1. The average molecular weight is 328 g/mol. The largest absolute Gasteiger partial charge is 0.508 e. The number of thiocarbonyl (C=S) groups is 1. The third-order valence-electron chi connectivity index (χ3n) is 3.14. The molecule has 1 saturated heterocycles. The zero-order valence-corrected chi connectivity index (χ0v) is 13.0. The van der Waals surface area contributed by atoms with Gasteiger partial charge in [-0.2, -0.15) is 0 Å². The van der Waals surface area contributed by atoms with Crippen LogP contribution in [-0.2, 0) is 4.79 Å². The molecule has 0 atom stereocenters. The lowest BCUT2D eigenvalue weighted by Gasteiger charge is -2.14. The van der Waals surface area contributed by atoms with Crippen molar-refractivity contribution >= 4 is 51.7 Å². The van der Waals surface area contributed by atoms with E-state index in [-0.39, 0.29) is 11.7 Å². The van der Waals surface area contributed by atoms with Gasteiger partial charge in [0.2, 0.25) is 0 Å². The lowest BCUT2D eigenvalue weighted by atomic mass is 10.2. The number of amides is 1. The van der Waals surface area contributed by atoms with Crippen molar-refractivity contribution in [3.05, 3.63) is 59.0 Å². The van der Waals surface area contributed by atoms with Gasteiger partial charge in [0.05, 0.1) is 10.6 Å². The third kappa shape index (κ3) is 2.84. The maximum atomic E-state index is 12.5. The molecule has 1 amide bonds. The van der Waals surface area contributed by atoms with Crippen molar-refractivity contribution in [1.29, 1.82) is 0 Å². The molecule has 3 N–H and O–H groups in total. The summed E-state index contributed by atoms with van der Waals surface area (Å²) >= 11 is 6.56. The Kier molecular flexibility index (Phi) is 3.87. The van der Waals surface area contributed by atoms with Crippen LogP contribution in [0.5, 0.6) is 5.75 Å². The van der Waals surface area contributed by atoms with Crippen LogP contribution in [0.2, 0.25) is 0 Å². The van der Waals surface area contributed by atoms with Crippen LogP contribution in [0.25, 0.3) is 6.08 Å².